The second-order valence-corrected chi connectivity index (χ2v) is 14.1. The number of aromatic carboxylic acids is 1. The Kier molecular flexibility index (Phi) is 10.7. The molecule has 8 rings (SSSR count). The highest BCUT2D eigenvalue weighted by molar-refractivity contribution is 6.22. The number of pyridine rings is 1. The zero-order valence-corrected chi connectivity index (χ0v) is 28.1. The van der Waals surface area contributed by atoms with Gasteiger partial charge in [0.25, 0.3) is 0 Å². The van der Waals surface area contributed by atoms with Gasteiger partial charge in [0.1, 0.15) is 17.1 Å². The number of nitrogens with zero attached hydrogens (tertiary/aromatic N) is 6. The third-order valence-electron chi connectivity index (χ3n) is 10.6. The number of alkyl halides is 3. The van der Waals surface area contributed by atoms with Crippen LogP contribution in [-0.2, 0) is 14.4 Å². The van der Waals surface area contributed by atoms with E-state index in [-0.39, 0.29) is 17.3 Å². The number of aromatic nitrogens is 1. The fourth-order valence-corrected chi connectivity index (χ4v) is 7.18. The summed E-state index contributed by atoms with van der Waals surface area (Å²) in [6.07, 6.45) is 9.18. The third kappa shape index (κ3) is 8.95. The summed E-state index contributed by atoms with van der Waals surface area (Å²) in [5.74, 6) is -1.88. The Labute approximate surface area is 289 Å². The second kappa shape index (κ2) is 15.0. The number of carbonyl (C=O) groups excluding carboxylic acids is 2. The van der Waals surface area contributed by atoms with Crippen molar-refractivity contribution < 1.29 is 42.6 Å². The van der Waals surface area contributed by atoms with Crippen molar-refractivity contribution in [1.29, 1.82) is 0 Å². The van der Waals surface area contributed by atoms with Crippen molar-refractivity contribution in [3.8, 4) is 0 Å². The zero-order valence-electron chi connectivity index (χ0n) is 28.1. The van der Waals surface area contributed by atoms with Gasteiger partial charge in [-0.25, -0.2) is 14.6 Å². The third-order valence-corrected chi connectivity index (χ3v) is 10.6. The van der Waals surface area contributed by atoms with E-state index in [1.54, 1.807) is 12.3 Å². The molecule has 0 unspecified atom stereocenters. The maximum Gasteiger partial charge on any atom is 0.490 e. The first-order chi connectivity index (χ1) is 23.9. The molecule has 0 amide bonds. The van der Waals surface area contributed by atoms with E-state index in [2.05, 4.69) is 14.8 Å². The first-order valence-electron chi connectivity index (χ1n) is 17.7. The van der Waals surface area contributed by atoms with E-state index in [1.807, 2.05) is 20.8 Å². The summed E-state index contributed by atoms with van der Waals surface area (Å²) < 4.78 is 31.7. The van der Waals surface area contributed by atoms with Gasteiger partial charge in [-0.3, -0.25) is 9.59 Å². The van der Waals surface area contributed by atoms with Gasteiger partial charge in [-0.05, 0) is 82.0 Å². The lowest BCUT2D eigenvalue weighted by atomic mass is 9.81. The van der Waals surface area contributed by atoms with Crippen LogP contribution >= 0.6 is 0 Å². The SMILES string of the molecule is O=C(O)C(F)(F)F.O=C(O)c1ccc(N2CCC(CC3CCN(C4CCC4)CC3)CC2)cn1.O=C1C=C(N2CC2)C(=O)C(N2CC2)=C1N1CC1. The highest BCUT2D eigenvalue weighted by Crippen LogP contribution is 2.35. The maximum absolute atomic E-state index is 12.4. The summed E-state index contributed by atoms with van der Waals surface area (Å²) in [5.41, 5.74) is 3.07. The molecule has 2 N–H and O–H groups in total. The van der Waals surface area contributed by atoms with Crippen molar-refractivity contribution in [3.63, 3.8) is 0 Å². The largest absolute Gasteiger partial charge is 0.490 e. The number of piperidine rings is 2. The number of anilines is 1. The zero-order chi connectivity index (χ0) is 35.6. The fraction of sp³-hybridized carbons (Fsp3) is 0.629. The Morgan fingerprint density at radius 1 is 0.740 bits per heavy atom. The first-order valence-corrected chi connectivity index (χ1v) is 17.7. The van der Waals surface area contributed by atoms with Crippen LogP contribution in [0.15, 0.2) is 41.5 Å². The number of ketones is 2. The van der Waals surface area contributed by atoms with Gasteiger partial charge in [-0.1, -0.05) is 6.42 Å². The molecule has 272 valence electrons. The lowest BCUT2D eigenvalue weighted by Crippen LogP contribution is -2.45. The Hall–Kier alpha value is -4.14. The molecule has 1 aromatic heterocycles. The van der Waals surface area contributed by atoms with Crippen LogP contribution < -0.4 is 4.90 Å². The summed E-state index contributed by atoms with van der Waals surface area (Å²) in [4.78, 5) is 59.4. The normalized spacial score (nSPS) is 23.0. The number of halogens is 3. The summed E-state index contributed by atoms with van der Waals surface area (Å²) in [6.45, 7) is 10.2. The number of carboxylic acid groups (broad SMARTS) is 2. The van der Waals surface area contributed by atoms with Crippen LogP contribution in [0.2, 0.25) is 0 Å². The average molecular weight is 703 g/mol. The minimum atomic E-state index is -5.08. The smallest absolute Gasteiger partial charge is 0.477 e. The standard InChI is InChI=1S/C21H31N3O2.C12H13N3O2.C2HF3O2/c25-21(26)20-5-4-19(15-22-20)24-12-8-17(9-13-24)14-16-6-10-23(11-7-16)18-2-1-3-18;16-9-7-8(13-1-2-13)12(17)11(15-5-6-15)10(9)14-3-4-14;3-2(4,5)1(6)7/h4-5,15-18H,1-3,6-14H2,(H,25,26);7H,1-6H2;(H,6,7). The molecule has 0 atom stereocenters. The molecule has 0 radical (unpaired) electrons. The van der Waals surface area contributed by atoms with Gasteiger partial charge < -0.3 is 34.7 Å². The molecular weight excluding hydrogens is 657 g/mol. The van der Waals surface area contributed by atoms with E-state index < -0.39 is 18.1 Å². The van der Waals surface area contributed by atoms with Crippen LogP contribution in [0.25, 0.3) is 0 Å². The molecule has 0 bridgehead atoms. The molecule has 15 heteroatoms. The lowest BCUT2D eigenvalue weighted by Gasteiger charge is -2.43. The molecule has 2 aliphatic carbocycles. The molecule has 1 aromatic rings. The van der Waals surface area contributed by atoms with Gasteiger partial charge >= 0.3 is 18.1 Å². The molecule has 6 fully saturated rings. The highest BCUT2D eigenvalue weighted by Gasteiger charge is 2.43. The molecule has 12 nitrogen and oxygen atoms in total. The van der Waals surface area contributed by atoms with E-state index in [4.69, 9.17) is 15.0 Å². The van der Waals surface area contributed by atoms with E-state index in [1.165, 1.54) is 70.5 Å². The van der Waals surface area contributed by atoms with Gasteiger partial charge in [-0.2, -0.15) is 13.2 Å². The number of hydrogen-bond acceptors (Lipinski definition) is 10. The number of allylic oxidation sites excluding steroid dienone is 1. The van der Waals surface area contributed by atoms with Gasteiger partial charge in [0.05, 0.1) is 17.6 Å². The molecule has 5 aliphatic heterocycles. The van der Waals surface area contributed by atoms with Crippen molar-refractivity contribution >= 4 is 29.2 Å². The van der Waals surface area contributed by atoms with Crippen molar-refractivity contribution in [2.45, 2.75) is 63.6 Å². The predicted octanol–water partition coefficient (Wildman–Crippen LogP) is 3.46. The van der Waals surface area contributed by atoms with Gasteiger partial charge in [0.15, 0.2) is 0 Å². The number of likely N-dealkylation sites (tertiary alicyclic amines) is 1. The fourth-order valence-electron chi connectivity index (χ4n) is 7.18. The molecule has 1 saturated carbocycles. The van der Waals surface area contributed by atoms with Crippen molar-refractivity contribution in [2.24, 2.45) is 11.8 Å². The lowest BCUT2D eigenvalue weighted by molar-refractivity contribution is -0.192. The van der Waals surface area contributed by atoms with Crippen LogP contribution in [0.3, 0.4) is 0 Å². The average Bonchev–Trinajstić information content (AvgIpc) is 3.90. The molecular formula is C35H45F3N6O6. The van der Waals surface area contributed by atoms with E-state index in [0.29, 0.717) is 17.1 Å². The molecule has 5 saturated heterocycles. The number of Topliss-reactive ketones (excluding diaryl/α,β-unsaturated/α-hetero) is 1. The van der Waals surface area contributed by atoms with Crippen molar-refractivity contribution in [1.82, 2.24) is 24.6 Å². The number of rotatable bonds is 8. The van der Waals surface area contributed by atoms with Gasteiger partial charge in [-0.15, -0.1) is 0 Å². The first kappa shape index (κ1) is 35.7. The Bertz CT molecular complexity index is 1500. The van der Waals surface area contributed by atoms with E-state index >= 15 is 0 Å². The van der Waals surface area contributed by atoms with E-state index in [9.17, 15) is 27.6 Å². The van der Waals surface area contributed by atoms with Gasteiger partial charge in [0, 0.05) is 64.5 Å². The Morgan fingerprint density at radius 3 is 1.72 bits per heavy atom. The second-order valence-electron chi connectivity index (χ2n) is 14.1. The molecule has 0 spiro atoms. The summed E-state index contributed by atoms with van der Waals surface area (Å²) in [5, 5.41) is 16.1. The number of aliphatic carboxylic acids is 1. The van der Waals surface area contributed by atoms with Crippen LogP contribution in [-0.4, -0.2) is 136 Å². The molecule has 50 heavy (non-hydrogen) atoms. The van der Waals surface area contributed by atoms with E-state index in [0.717, 1.165) is 75.9 Å². The van der Waals surface area contributed by atoms with Gasteiger partial charge in [0.2, 0.25) is 11.6 Å². The number of carbonyl (C=O) groups is 4. The van der Waals surface area contributed by atoms with Crippen LogP contribution in [0.1, 0.15) is 61.9 Å². The predicted molar refractivity (Wildman–Crippen MR) is 176 cm³/mol. The van der Waals surface area contributed by atoms with Crippen molar-refractivity contribution in [3.05, 3.63) is 47.2 Å². The van der Waals surface area contributed by atoms with Crippen LogP contribution in [0.5, 0.6) is 0 Å². The minimum Gasteiger partial charge on any atom is -0.477 e. The topological polar surface area (TPSA) is 137 Å². The molecule has 0 aromatic carbocycles. The summed E-state index contributed by atoms with van der Waals surface area (Å²) in [6, 6.07) is 4.42. The molecule has 6 heterocycles. The quantitative estimate of drug-likeness (QED) is 0.303. The Morgan fingerprint density at radius 2 is 1.28 bits per heavy atom. The Balaban J connectivity index is 0.000000154. The highest BCUT2D eigenvalue weighted by atomic mass is 19.4. The monoisotopic (exact) mass is 702 g/mol. The van der Waals surface area contributed by atoms with Crippen LogP contribution in [0, 0.1) is 11.8 Å². The number of carboxylic acids is 2. The maximum atomic E-state index is 12.4. The summed E-state index contributed by atoms with van der Waals surface area (Å²) in [7, 11) is 0. The molecule has 7 aliphatic rings. The summed E-state index contributed by atoms with van der Waals surface area (Å²) >= 11 is 0. The number of hydrogen-bond donors (Lipinski definition) is 2. The van der Waals surface area contributed by atoms with Crippen LogP contribution in [0.4, 0.5) is 18.9 Å². The van der Waals surface area contributed by atoms with Crippen molar-refractivity contribution in [2.75, 3.05) is 70.3 Å². The minimum absolute atomic E-state index is 0.00546.